The van der Waals surface area contributed by atoms with Crippen molar-refractivity contribution in [3.63, 3.8) is 0 Å². The quantitative estimate of drug-likeness (QED) is 0.678. The van der Waals surface area contributed by atoms with E-state index in [-0.39, 0.29) is 17.9 Å². The minimum atomic E-state index is -1.87. The molecule has 1 atom stereocenters. The Bertz CT molecular complexity index is 816. The number of carbonyl (C=O) groups is 2. The number of benzene rings is 1. The van der Waals surface area contributed by atoms with Gasteiger partial charge in [-0.15, -0.1) is 0 Å². The second-order valence-corrected chi connectivity index (χ2v) is 6.04. The van der Waals surface area contributed by atoms with Crippen LogP contribution in [0.1, 0.15) is 29.4 Å². The van der Waals surface area contributed by atoms with Crippen LogP contribution in [0.15, 0.2) is 60.8 Å². The van der Waals surface area contributed by atoms with Crippen molar-refractivity contribution in [3.8, 4) is 0 Å². The van der Waals surface area contributed by atoms with Gasteiger partial charge in [0, 0.05) is 18.3 Å². The van der Waals surface area contributed by atoms with Crippen LogP contribution in [0, 0.1) is 0 Å². The van der Waals surface area contributed by atoms with E-state index in [1.165, 1.54) is 11.1 Å². The number of anilines is 1. The molecule has 5 heteroatoms. The zero-order valence-electron chi connectivity index (χ0n) is 13.4. The van der Waals surface area contributed by atoms with E-state index in [2.05, 4.69) is 11.6 Å². The van der Waals surface area contributed by atoms with Crippen LogP contribution in [0.25, 0.3) is 0 Å². The first-order valence-electron chi connectivity index (χ1n) is 7.66. The molecular formula is C19H18N2O3. The molecular weight excluding hydrogens is 304 g/mol. The number of amides is 1. The minimum absolute atomic E-state index is 0.231. The van der Waals surface area contributed by atoms with E-state index in [1.54, 1.807) is 42.5 Å². The molecule has 0 fully saturated rings. The molecule has 0 saturated heterocycles. The molecule has 2 heterocycles. The van der Waals surface area contributed by atoms with E-state index in [4.69, 9.17) is 0 Å². The van der Waals surface area contributed by atoms with Gasteiger partial charge in [0.15, 0.2) is 11.4 Å². The summed E-state index contributed by atoms with van der Waals surface area (Å²) in [6.07, 6.45) is 1.17. The van der Waals surface area contributed by atoms with Gasteiger partial charge in [-0.05, 0) is 25.1 Å². The number of fused-ring (bicyclic) bond motifs is 1. The summed E-state index contributed by atoms with van der Waals surface area (Å²) >= 11 is 0. The summed E-state index contributed by atoms with van der Waals surface area (Å²) in [5.41, 5.74) is 0.205. The lowest BCUT2D eigenvalue weighted by molar-refractivity contribution is -0.135. The number of aromatic nitrogens is 1. The zero-order chi connectivity index (χ0) is 17.3. The van der Waals surface area contributed by atoms with E-state index in [0.29, 0.717) is 17.8 Å². The average molecular weight is 322 g/mol. The standard InChI is InChI=1S/C19H18N2O3/c1-13(2)12-21-16-9-4-3-7-14(16)19(24,18(21)23)11-17(22)15-8-5-6-10-20-15/h3-10,24H,1,11-12H2,2H3/t19-/m1/s1. The molecule has 1 aliphatic heterocycles. The highest BCUT2D eigenvalue weighted by Crippen LogP contribution is 2.42. The Kier molecular flexibility index (Phi) is 4.03. The highest BCUT2D eigenvalue weighted by Gasteiger charge is 2.50. The third kappa shape index (κ3) is 2.63. The third-order valence-electron chi connectivity index (χ3n) is 4.03. The molecule has 0 bridgehead atoms. The number of aliphatic hydroxyl groups is 1. The number of hydrogen-bond acceptors (Lipinski definition) is 4. The molecule has 1 amide bonds. The van der Waals surface area contributed by atoms with Gasteiger partial charge >= 0.3 is 0 Å². The highest BCUT2D eigenvalue weighted by molar-refractivity contribution is 6.10. The third-order valence-corrected chi connectivity index (χ3v) is 4.03. The molecule has 1 aliphatic rings. The molecule has 2 aromatic rings. The van der Waals surface area contributed by atoms with Gasteiger partial charge in [0.2, 0.25) is 0 Å². The summed E-state index contributed by atoms with van der Waals surface area (Å²) in [5, 5.41) is 11.1. The fourth-order valence-corrected chi connectivity index (χ4v) is 2.95. The molecule has 0 saturated carbocycles. The molecule has 1 aromatic carbocycles. The van der Waals surface area contributed by atoms with Crippen molar-refractivity contribution in [1.82, 2.24) is 4.98 Å². The van der Waals surface area contributed by atoms with E-state index in [0.717, 1.165) is 5.57 Å². The van der Waals surface area contributed by atoms with E-state index in [9.17, 15) is 14.7 Å². The predicted molar refractivity (Wildman–Crippen MR) is 90.7 cm³/mol. The maximum atomic E-state index is 12.8. The Morgan fingerprint density at radius 1 is 1.25 bits per heavy atom. The normalized spacial score (nSPS) is 19.2. The zero-order valence-corrected chi connectivity index (χ0v) is 13.4. The Morgan fingerprint density at radius 3 is 2.62 bits per heavy atom. The first kappa shape index (κ1) is 16.1. The lowest BCUT2D eigenvalue weighted by Gasteiger charge is -2.22. The second kappa shape index (κ2) is 6.02. The van der Waals surface area contributed by atoms with E-state index in [1.807, 2.05) is 6.92 Å². The van der Waals surface area contributed by atoms with Crippen LogP contribution in [0.5, 0.6) is 0 Å². The minimum Gasteiger partial charge on any atom is -0.375 e. The van der Waals surface area contributed by atoms with Gasteiger partial charge in [0.25, 0.3) is 5.91 Å². The van der Waals surface area contributed by atoms with Crippen LogP contribution < -0.4 is 4.90 Å². The number of pyridine rings is 1. The lowest BCUT2D eigenvalue weighted by atomic mass is 9.89. The van der Waals surface area contributed by atoms with Gasteiger partial charge in [-0.2, -0.15) is 0 Å². The van der Waals surface area contributed by atoms with Gasteiger partial charge in [-0.1, -0.05) is 36.4 Å². The Morgan fingerprint density at radius 2 is 1.96 bits per heavy atom. The molecule has 1 aromatic heterocycles. The van der Waals surface area contributed by atoms with Crippen LogP contribution >= 0.6 is 0 Å². The fraction of sp³-hybridized carbons (Fsp3) is 0.211. The number of nitrogens with zero attached hydrogens (tertiary/aromatic N) is 2. The van der Waals surface area contributed by atoms with Gasteiger partial charge in [0.05, 0.1) is 12.1 Å². The van der Waals surface area contributed by atoms with Gasteiger partial charge < -0.3 is 10.0 Å². The summed E-state index contributed by atoms with van der Waals surface area (Å²) in [7, 11) is 0. The summed E-state index contributed by atoms with van der Waals surface area (Å²) < 4.78 is 0. The maximum Gasteiger partial charge on any atom is 0.264 e. The summed E-state index contributed by atoms with van der Waals surface area (Å²) in [4.78, 5) is 30.8. The smallest absolute Gasteiger partial charge is 0.264 e. The van der Waals surface area contributed by atoms with Crippen LogP contribution in [0.3, 0.4) is 0 Å². The SMILES string of the molecule is C=C(C)CN1C(=O)[C@@](O)(CC(=O)c2ccccn2)c2ccccc21. The number of Topliss-reactive ketones (excluding diaryl/α,β-unsaturated/α-hetero) is 1. The van der Waals surface area contributed by atoms with E-state index >= 15 is 0 Å². The molecule has 122 valence electrons. The van der Waals surface area contributed by atoms with Crippen LogP contribution in [0.4, 0.5) is 5.69 Å². The van der Waals surface area contributed by atoms with Crippen LogP contribution in [-0.2, 0) is 10.4 Å². The van der Waals surface area contributed by atoms with Crippen molar-refractivity contribution in [1.29, 1.82) is 0 Å². The molecule has 0 spiro atoms. The van der Waals surface area contributed by atoms with Crippen molar-refractivity contribution in [2.75, 3.05) is 11.4 Å². The first-order valence-corrected chi connectivity index (χ1v) is 7.66. The molecule has 0 radical (unpaired) electrons. The largest absolute Gasteiger partial charge is 0.375 e. The second-order valence-electron chi connectivity index (χ2n) is 6.04. The summed E-state index contributed by atoms with van der Waals surface area (Å²) in [5.74, 6) is -0.880. The maximum absolute atomic E-state index is 12.8. The van der Waals surface area contributed by atoms with Gasteiger partial charge in [-0.3, -0.25) is 14.6 Å². The van der Waals surface area contributed by atoms with Crippen LogP contribution in [-0.4, -0.2) is 28.3 Å². The molecule has 0 unspecified atom stereocenters. The molecule has 5 nitrogen and oxygen atoms in total. The summed E-state index contributed by atoms with van der Waals surface area (Å²) in [6, 6.07) is 12.0. The fourth-order valence-electron chi connectivity index (χ4n) is 2.95. The molecule has 0 aliphatic carbocycles. The number of carbonyl (C=O) groups excluding carboxylic acids is 2. The Hall–Kier alpha value is -2.79. The Labute approximate surface area is 140 Å². The van der Waals surface area contributed by atoms with Crippen LogP contribution in [0.2, 0.25) is 0 Å². The predicted octanol–water partition coefficient (Wildman–Crippen LogP) is 2.46. The lowest BCUT2D eigenvalue weighted by Crippen LogP contribution is -2.42. The number of para-hydroxylation sites is 1. The van der Waals surface area contributed by atoms with E-state index < -0.39 is 11.5 Å². The monoisotopic (exact) mass is 322 g/mol. The molecule has 1 N–H and O–H groups in total. The Balaban J connectivity index is 1.98. The first-order chi connectivity index (χ1) is 11.4. The van der Waals surface area contributed by atoms with Crippen molar-refractivity contribution in [2.24, 2.45) is 0 Å². The number of ketones is 1. The topological polar surface area (TPSA) is 70.5 Å². The molecule has 24 heavy (non-hydrogen) atoms. The molecule has 3 rings (SSSR count). The number of rotatable bonds is 5. The van der Waals surface area contributed by atoms with Crippen molar-refractivity contribution >= 4 is 17.4 Å². The highest BCUT2D eigenvalue weighted by atomic mass is 16.3. The van der Waals surface area contributed by atoms with Crippen molar-refractivity contribution in [3.05, 3.63) is 72.1 Å². The number of hydrogen-bond donors (Lipinski definition) is 1. The van der Waals surface area contributed by atoms with Crippen molar-refractivity contribution < 1.29 is 14.7 Å². The van der Waals surface area contributed by atoms with Crippen molar-refractivity contribution in [2.45, 2.75) is 18.9 Å². The van der Waals surface area contributed by atoms with Gasteiger partial charge in [-0.25, -0.2) is 0 Å². The summed E-state index contributed by atoms with van der Waals surface area (Å²) in [6.45, 7) is 5.94. The van der Waals surface area contributed by atoms with Gasteiger partial charge in [0.1, 0.15) is 5.69 Å². The average Bonchev–Trinajstić information content (AvgIpc) is 2.78.